The number of hydrogen-bond donors (Lipinski definition) is 2. The van der Waals surface area contributed by atoms with Crippen LogP contribution in [0.4, 0.5) is 4.79 Å². The number of amides is 4. The van der Waals surface area contributed by atoms with Crippen LogP contribution < -0.4 is 15.5 Å². The van der Waals surface area contributed by atoms with E-state index in [4.69, 9.17) is 9.47 Å². The fourth-order valence-electron chi connectivity index (χ4n) is 2.86. The highest BCUT2D eigenvalue weighted by Crippen LogP contribution is 2.20. The van der Waals surface area contributed by atoms with Gasteiger partial charge in [0.1, 0.15) is 17.9 Å². The van der Waals surface area contributed by atoms with Gasteiger partial charge in [0.25, 0.3) is 11.8 Å². The van der Waals surface area contributed by atoms with Crippen LogP contribution in [0.5, 0.6) is 5.75 Å². The minimum atomic E-state index is -0.996. The molecule has 0 aromatic heterocycles. The second-order valence-electron chi connectivity index (χ2n) is 6.67. The minimum Gasteiger partial charge on any atom is -0.491 e. The predicted octanol–water partition coefficient (Wildman–Crippen LogP) is 1.61. The summed E-state index contributed by atoms with van der Waals surface area (Å²) in [5.41, 5.74) is 1.68. The molecule has 0 unspecified atom stereocenters. The van der Waals surface area contributed by atoms with E-state index in [-0.39, 0.29) is 6.10 Å². The first-order chi connectivity index (χ1) is 12.4. The zero-order valence-electron chi connectivity index (χ0n) is 14.9. The van der Waals surface area contributed by atoms with Gasteiger partial charge in [-0.25, -0.2) is 4.79 Å². The highest BCUT2D eigenvalue weighted by atomic mass is 16.5. The third-order valence-electron chi connectivity index (χ3n) is 4.76. The zero-order chi connectivity index (χ0) is 18.7. The van der Waals surface area contributed by atoms with Gasteiger partial charge in [-0.1, -0.05) is 6.92 Å². The topological polar surface area (TPSA) is 97.0 Å². The van der Waals surface area contributed by atoms with E-state index >= 15 is 0 Å². The van der Waals surface area contributed by atoms with Crippen molar-refractivity contribution in [1.29, 1.82) is 0 Å². The van der Waals surface area contributed by atoms with Crippen LogP contribution >= 0.6 is 0 Å². The Labute approximate surface area is 151 Å². The molecule has 0 saturated carbocycles. The highest BCUT2D eigenvalue weighted by Gasteiger charge is 2.47. The highest BCUT2D eigenvalue weighted by molar-refractivity contribution is 6.09. The fourth-order valence-corrected chi connectivity index (χ4v) is 2.86. The molecule has 0 spiro atoms. The number of nitrogens with one attached hydrogen (secondary N) is 2. The largest absolute Gasteiger partial charge is 0.491 e. The number of rotatable bonds is 6. The molecule has 26 heavy (non-hydrogen) atoms. The first-order valence-corrected chi connectivity index (χ1v) is 8.75. The Balaban J connectivity index is 1.58. The predicted molar refractivity (Wildman–Crippen MR) is 92.5 cm³/mol. The maximum absolute atomic E-state index is 12.3. The lowest BCUT2D eigenvalue weighted by atomic mass is 10.00. The average molecular weight is 361 g/mol. The third kappa shape index (κ3) is 3.65. The summed E-state index contributed by atoms with van der Waals surface area (Å²) in [5.74, 6) is -0.389. The molecule has 1 aromatic carbocycles. The van der Waals surface area contributed by atoms with E-state index in [2.05, 4.69) is 10.7 Å². The summed E-state index contributed by atoms with van der Waals surface area (Å²) in [5, 5.41) is 3.31. The number of carbonyl (C=O) groups is 3. The van der Waals surface area contributed by atoms with Crippen LogP contribution in [-0.4, -0.2) is 47.7 Å². The number of imide groups is 1. The zero-order valence-corrected chi connectivity index (χ0v) is 14.9. The number of urea groups is 1. The summed E-state index contributed by atoms with van der Waals surface area (Å²) in [6.07, 6.45) is 2.59. The fraction of sp³-hybridized carbons (Fsp3) is 0.500. The number of benzene rings is 1. The molecule has 8 nitrogen and oxygen atoms in total. The van der Waals surface area contributed by atoms with Gasteiger partial charge in [-0.3, -0.25) is 15.0 Å². The van der Waals surface area contributed by atoms with Crippen LogP contribution in [0.2, 0.25) is 0 Å². The Bertz CT molecular complexity index is 699. The smallest absolute Gasteiger partial charge is 0.344 e. The summed E-state index contributed by atoms with van der Waals surface area (Å²) < 4.78 is 11.1. The Hall–Kier alpha value is -2.61. The number of carbonyl (C=O) groups excluding carboxylic acids is 3. The molecule has 3 rings (SSSR count). The monoisotopic (exact) mass is 361 g/mol. The van der Waals surface area contributed by atoms with Crippen molar-refractivity contribution in [1.82, 2.24) is 15.8 Å². The molecule has 2 aliphatic rings. The van der Waals surface area contributed by atoms with Crippen LogP contribution in [0.1, 0.15) is 43.5 Å². The average Bonchev–Trinajstić information content (AvgIpc) is 3.23. The molecule has 0 radical (unpaired) electrons. The summed E-state index contributed by atoms with van der Waals surface area (Å²) in [7, 11) is 0. The first kappa shape index (κ1) is 18.2. The lowest BCUT2D eigenvalue weighted by Gasteiger charge is -2.19. The van der Waals surface area contributed by atoms with Crippen LogP contribution in [0, 0.1) is 0 Å². The van der Waals surface area contributed by atoms with E-state index in [9.17, 15) is 14.4 Å². The molecule has 2 N–H and O–H groups in total. The molecule has 4 amide bonds. The number of hydrogen-bond acceptors (Lipinski definition) is 5. The molecule has 2 fully saturated rings. The molecular formula is C18H23N3O5. The Morgan fingerprint density at radius 3 is 2.69 bits per heavy atom. The molecule has 2 atom stereocenters. The van der Waals surface area contributed by atoms with Gasteiger partial charge in [-0.2, -0.15) is 5.01 Å². The number of hydrazine groups is 1. The SMILES string of the molecule is CC[C@]1(C)NC(=O)N(NC(=O)c2ccc(OC[C@H]3CCCO3)cc2)C1=O. The Morgan fingerprint density at radius 1 is 1.38 bits per heavy atom. The van der Waals surface area contributed by atoms with Gasteiger partial charge >= 0.3 is 6.03 Å². The van der Waals surface area contributed by atoms with Crippen molar-refractivity contribution in [3.05, 3.63) is 29.8 Å². The van der Waals surface area contributed by atoms with Crippen molar-refractivity contribution in [2.75, 3.05) is 13.2 Å². The standard InChI is InChI=1S/C18H23N3O5/c1-3-18(2)16(23)21(17(24)19-18)20-15(22)12-6-8-13(9-7-12)26-11-14-5-4-10-25-14/h6-9,14H,3-5,10-11H2,1-2H3,(H,19,24)(H,20,22)/t14-,18+/m1/s1. The molecule has 140 valence electrons. The van der Waals surface area contributed by atoms with Gasteiger partial charge in [0.2, 0.25) is 0 Å². The van der Waals surface area contributed by atoms with Crippen LogP contribution in [-0.2, 0) is 9.53 Å². The van der Waals surface area contributed by atoms with E-state index < -0.39 is 23.4 Å². The molecule has 2 aliphatic heterocycles. The van der Waals surface area contributed by atoms with E-state index in [0.29, 0.717) is 24.3 Å². The van der Waals surface area contributed by atoms with Crippen LogP contribution in [0.15, 0.2) is 24.3 Å². The molecule has 8 heteroatoms. The second-order valence-corrected chi connectivity index (χ2v) is 6.67. The van der Waals surface area contributed by atoms with Crippen molar-refractivity contribution in [2.24, 2.45) is 0 Å². The maximum Gasteiger partial charge on any atom is 0.344 e. The molecule has 2 heterocycles. The van der Waals surface area contributed by atoms with Crippen molar-refractivity contribution in [3.63, 3.8) is 0 Å². The molecule has 1 aromatic rings. The van der Waals surface area contributed by atoms with Gasteiger partial charge in [0, 0.05) is 12.2 Å². The van der Waals surface area contributed by atoms with E-state index in [1.54, 1.807) is 38.1 Å². The Morgan fingerprint density at radius 2 is 2.12 bits per heavy atom. The third-order valence-corrected chi connectivity index (χ3v) is 4.76. The minimum absolute atomic E-state index is 0.116. The number of ether oxygens (including phenoxy) is 2. The quantitative estimate of drug-likeness (QED) is 0.751. The van der Waals surface area contributed by atoms with E-state index in [1.165, 1.54) is 0 Å². The van der Waals surface area contributed by atoms with Gasteiger partial charge in [-0.15, -0.1) is 0 Å². The molecule has 2 saturated heterocycles. The van der Waals surface area contributed by atoms with Crippen molar-refractivity contribution in [3.8, 4) is 5.75 Å². The van der Waals surface area contributed by atoms with Gasteiger partial charge < -0.3 is 14.8 Å². The van der Waals surface area contributed by atoms with Gasteiger partial charge in [0.15, 0.2) is 0 Å². The maximum atomic E-state index is 12.3. The van der Waals surface area contributed by atoms with Crippen molar-refractivity contribution >= 4 is 17.8 Å². The summed E-state index contributed by atoms with van der Waals surface area (Å²) >= 11 is 0. The molecular weight excluding hydrogens is 338 g/mol. The van der Waals surface area contributed by atoms with Crippen LogP contribution in [0.25, 0.3) is 0 Å². The lowest BCUT2D eigenvalue weighted by molar-refractivity contribution is -0.132. The lowest BCUT2D eigenvalue weighted by Crippen LogP contribution is -2.48. The van der Waals surface area contributed by atoms with Crippen LogP contribution in [0.3, 0.4) is 0 Å². The summed E-state index contributed by atoms with van der Waals surface area (Å²) in [4.78, 5) is 36.6. The molecule has 0 aliphatic carbocycles. The Kier molecular flexibility index (Phi) is 5.13. The summed E-state index contributed by atoms with van der Waals surface area (Å²) in [6.45, 7) is 4.66. The normalized spacial score (nSPS) is 25.3. The van der Waals surface area contributed by atoms with Crippen molar-refractivity contribution in [2.45, 2.75) is 44.8 Å². The second kappa shape index (κ2) is 7.33. The van der Waals surface area contributed by atoms with Gasteiger partial charge in [-0.05, 0) is 50.5 Å². The van der Waals surface area contributed by atoms with E-state index in [1.807, 2.05) is 0 Å². The first-order valence-electron chi connectivity index (χ1n) is 8.75. The van der Waals surface area contributed by atoms with E-state index in [0.717, 1.165) is 24.5 Å². The van der Waals surface area contributed by atoms with Crippen molar-refractivity contribution < 1.29 is 23.9 Å². The summed E-state index contributed by atoms with van der Waals surface area (Å²) in [6, 6.07) is 5.87. The van der Waals surface area contributed by atoms with Gasteiger partial charge in [0.05, 0.1) is 6.10 Å². The number of nitrogens with zero attached hydrogens (tertiary/aromatic N) is 1. The molecule has 0 bridgehead atoms.